The van der Waals surface area contributed by atoms with Crippen LogP contribution in [-0.2, 0) is 13.0 Å². The molecule has 0 amide bonds. The van der Waals surface area contributed by atoms with Crippen molar-refractivity contribution >= 4 is 11.6 Å². The molecule has 11 heavy (non-hydrogen) atoms. The summed E-state index contributed by atoms with van der Waals surface area (Å²) in [5.41, 5.74) is 2.05. The highest BCUT2D eigenvalue weighted by atomic mass is 35.5. The first-order valence-corrected chi connectivity index (χ1v) is 3.90. The molecule has 1 aromatic rings. The molecule has 2 nitrogen and oxygen atoms in total. The zero-order valence-corrected chi connectivity index (χ0v) is 6.66. The number of fused-ring (bicyclic) bond motifs is 1. The molecular weight excluding hydrogens is 167 g/mol. The van der Waals surface area contributed by atoms with E-state index in [0.717, 1.165) is 22.8 Å². The second kappa shape index (κ2) is 2.50. The number of rotatable bonds is 0. The lowest BCUT2D eigenvalue weighted by molar-refractivity contribution is 0.0101. The molecular formula is C7H8ClFN2. The minimum absolute atomic E-state index is 0.360. The first-order chi connectivity index (χ1) is 5.25. The van der Waals surface area contributed by atoms with E-state index < -0.39 is 0 Å². The van der Waals surface area contributed by atoms with Crippen LogP contribution in [0.3, 0.4) is 0 Å². The molecule has 60 valence electrons. The fraction of sp³-hybridized carbons (Fsp3) is 0.429. The number of nitrogens with one attached hydrogen (secondary N) is 1. The summed E-state index contributed by atoms with van der Waals surface area (Å²) < 4.78 is 12.6. The first kappa shape index (κ1) is 7.13. The van der Waals surface area contributed by atoms with E-state index in [0.29, 0.717) is 18.2 Å². The zero-order valence-electron chi connectivity index (χ0n) is 5.90. The summed E-state index contributed by atoms with van der Waals surface area (Å²) in [4.78, 5) is 2.99. The fourth-order valence-electron chi connectivity index (χ4n) is 1.36. The lowest BCUT2D eigenvalue weighted by Gasteiger charge is -2.17. The summed E-state index contributed by atoms with van der Waals surface area (Å²) in [6.07, 6.45) is 0.721. The van der Waals surface area contributed by atoms with E-state index in [4.69, 9.17) is 11.6 Å². The molecule has 0 bridgehead atoms. The van der Waals surface area contributed by atoms with E-state index in [1.165, 1.54) is 0 Å². The van der Waals surface area contributed by atoms with Gasteiger partial charge in [-0.15, -0.1) is 9.60 Å². The number of hydrogen-bond donors (Lipinski definition) is 1. The Balaban J connectivity index is 2.34. The van der Waals surface area contributed by atoms with Crippen molar-refractivity contribution in [2.75, 3.05) is 6.54 Å². The van der Waals surface area contributed by atoms with E-state index in [2.05, 4.69) is 4.98 Å². The van der Waals surface area contributed by atoms with Gasteiger partial charge in [0.1, 0.15) is 5.15 Å². The molecule has 0 atom stereocenters. The van der Waals surface area contributed by atoms with Crippen LogP contribution >= 0.6 is 11.6 Å². The van der Waals surface area contributed by atoms with Crippen LogP contribution < -0.4 is 0 Å². The lowest BCUT2D eigenvalue weighted by atomic mass is 10.1. The normalized spacial score (nSPS) is 18.4. The number of aromatic nitrogens is 1. The average molecular weight is 175 g/mol. The van der Waals surface area contributed by atoms with E-state index in [-0.39, 0.29) is 0 Å². The molecule has 4 heteroatoms. The minimum atomic E-state index is 0.360. The monoisotopic (exact) mass is 174 g/mol. The summed E-state index contributed by atoms with van der Waals surface area (Å²) in [5, 5.41) is 1.40. The molecule has 2 heterocycles. The fourth-order valence-corrected chi connectivity index (χ4v) is 1.61. The van der Waals surface area contributed by atoms with Crippen molar-refractivity contribution in [1.29, 1.82) is 0 Å². The SMILES string of the molecule is FN1CCc2[nH]c(Cl)cc2C1. The topological polar surface area (TPSA) is 19.0 Å². The van der Waals surface area contributed by atoms with Crippen molar-refractivity contribution in [1.82, 2.24) is 10.1 Å². The van der Waals surface area contributed by atoms with E-state index in [1.807, 2.05) is 0 Å². The van der Waals surface area contributed by atoms with Gasteiger partial charge in [-0.1, -0.05) is 11.6 Å². The minimum Gasteiger partial charge on any atom is -0.349 e. The van der Waals surface area contributed by atoms with Crippen LogP contribution in [0.2, 0.25) is 5.15 Å². The van der Waals surface area contributed by atoms with Gasteiger partial charge in [-0.2, -0.15) is 0 Å². The quantitative estimate of drug-likeness (QED) is 0.596. The highest BCUT2D eigenvalue weighted by Crippen LogP contribution is 2.21. The smallest absolute Gasteiger partial charge is 0.106 e. The molecule has 0 unspecified atom stereocenters. The maximum absolute atomic E-state index is 12.6. The first-order valence-electron chi connectivity index (χ1n) is 3.52. The Bertz CT molecular complexity index is 271. The van der Waals surface area contributed by atoms with Crippen molar-refractivity contribution in [3.8, 4) is 0 Å². The van der Waals surface area contributed by atoms with Gasteiger partial charge in [0.05, 0.1) is 6.54 Å². The Labute approximate surface area is 68.9 Å². The van der Waals surface area contributed by atoms with Gasteiger partial charge >= 0.3 is 0 Å². The van der Waals surface area contributed by atoms with Crippen LogP contribution in [0.25, 0.3) is 0 Å². The van der Waals surface area contributed by atoms with Crippen molar-refractivity contribution in [3.63, 3.8) is 0 Å². The second-order valence-corrected chi connectivity index (χ2v) is 3.12. The molecule has 0 aromatic carbocycles. The zero-order chi connectivity index (χ0) is 7.84. The largest absolute Gasteiger partial charge is 0.349 e. The van der Waals surface area contributed by atoms with Gasteiger partial charge in [0.25, 0.3) is 0 Å². The third kappa shape index (κ3) is 1.26. The summed E-state index contributed by atoms with van der Waals surface area (Å²) >= 11 is 5.70. The van der Waals surface area contributed by atoms with Gasteiger partial charge in [0.15, 0.2) is 0 Å². The molecule has 2 rings (SSSR count). The molecule has 1 N–H and O–H groups in total. The Morgan fingerprint density at radius 2 is 2.45 bits per heavy atom. The van der Waals surface area contributed by atoms with Crippen LogP contribution in [0.1, 0.15) is 11.3 Å². The van der Waals surface area contributed by atoms with Gasteiger partial charge in [0, 0.05) is 18.7 Å². The van der Waals surface area contributed by atoms with Crippen molar-refractivity contribution < 1.29 is 4.48 Å². The van der Waals surface area contributed by atoms with Crippen LogP contribution in [0.4, 0.5) is 4.48 Å². The Morgan fingerprint density at radius 3 is 3.27 bits per heavy atom. The predicted octanol–water partition coefficient (Wildman–Crippen LogP) is 1.91. The number of aromatic amines is 1. The standard InChI is InChI=1S/C7H8ClFN2/c8-7-3-5-4-11(9)2-1-6(5)10-7/h3,10H,1-2,4H2. The van der Waals surface area contributed by atoms with Crippen LogP contribution in [-0.4, -0.2) is 16.7 Å². The van der Waals surface area contributed by atoms with Gasteiger partial charge in [0.2, 0.25) is 0 Å². The van der Waals surface area contributed by atoms with E-state index in [9.17, 15) is 4.48 Å². The number of nitrogens with zero attached hydrogens (tertiary/aromatic N) is 1. The molecule has 0 saturated heterocycles. The Hall–Kier alpha value is -0.540. The molecule has 0 saturated carbocycles. The molecule has 1 aromatic heterocycles. The third-order valence-electron chi connectivity index (χ3n) is 1.91. The van der Waals surface area contributed by atoms with Gasteiger partial charge < -0.3 is 4.98 Å². The summed E-state index contributed by atoms with van der Waals surface area (Å²) in [6, 6.07) is 1.78. The molecule has 1 aliphatic heterocycles. The highest BCUT2D eigenvalue weighted by molar-refractivity contribution is 6.29. The lowest BCUT2D eigenvalue weighted by Crippen LogP contribution is -2.22. The maximum atomic E-state index is 12.6. The third-order valence-corrected chi connectivity index (χ3v) is 2.11. The van der Waals surface area contributed by atoms with E-state index >= 15 is 0 Å². The molecule has 0 aliphatic carbocycles. The summed E-state index contributed by atoms with van der Waals surface area (Å²) in [5.74, 6) is 0. The van der Waals surface area contributed by atoms with Gasteiger partial charge in [-0.3, -0.25) is 0 Å². The summed E-state index contributed by atoms with van der Waals surface area (Å²) in [6.45, 7) is 0.822. The molecule has 0 fully saturated rings. The van der Waals surface area contributed by atoms with Gasteiger partial charge in [-0.25, -0.2) is 0 Å². The Kier molecular flexibility index (Phi) is 1.62. The predicted molar refractivity (Wildman–Crippen MR) is 41.0 cm³/mol. The van der Waals surface area contributed by atoms with Crippen LogP contribution in [0.15, 0.2) is 6.07 Å². The highest BCUT2D eigenvalue weighted by Gasteiger charge is 2.17. The molecule has 0 radical (unpaired) electrons. The van der Waals surface area contributed by atoms with Gasteiger partial charge in [-0.05, 0) is 11.6 Å². The summed E-state index contributed by atoms with van der Waals surface area (Å²) in [7, 11) is 0. The average Bonchev–Trinajstić information content (AvgIpc) is 2.27. The Morgan fingerprint density at radius 1 is 1.64 bits per heavy atom. The second-order valence-electron chi connectivity index (χ2n) is 2.72. The van der Waals surface area contributed by atoms with E-state index in [1.54, 1.807) is 6.07 Å². The van der Waals surface area contributed by atoms with Crippen LogP contribution in [0, 0.1) is 0 Å². The molecule has 0 spiro atoms. The number of H-pyrrole nitrogens is 1. The van der Waals surface area contributed by atoms with Crippen molar-refractivity contribution in [2.45, 2.75) is 13.0 Å². The number of hydrogen-bond acceptors (Lipinski definition) is 1. The van der Waals surface area contributed by atoms with Crippen LogP contribution in [0.5, 0.6) is 0 Å². The number of halogens is 2. The molecule has 1 aliphatic rings. The van der Waals surface area contributed by atoms with Crippen molar-refractivity contribution in [3.05, 3.63) is 22.5 Å². The maximum Gasteiger partial charge on any atom is 0.106 e. The van der Waals surface area contributed by atoms with Crippen molar-refractivity contribution in [2.24, 2.45) is 0 Å².